The number of carbonyl (C=O) groups excluding carboxylic acids is 1. The fraction of sp³-hybridized carbons (Fsp3) is 0.429. The summed E-state index contributed by atoms with van der Waals surface area (Å²) in [6.07, 6.45) is 1.18. The number of carboxylic acid groups (broad SMARTS) is 1. The van der Waals surface area contributed by atoms with E-state index < -0.39 is 18.0 Å². The number of ether oxygens (including phenoxy) is 1. The topological polar surface area (TPSA) is 87.7 Å². The minimum atomic E-state index is -1.04. The molecule has 0 saturated heterocycles. The normalized spacial score (nSPS) is 14.0. The molecule has 1 aliphatic rings. The summed E-state index contributed by atoms with van der Waals surface area (Å²) in [4.78, 5) is 22.6. The first-order valence-corrected chi connectivity index (χ1v) is 7.51. The van der Waals surface area contributed by atoms with Crippen molar-refractivity contribution in [3.8, 4) is 5.75 Å². The number of rotatable bonds is 5. The molecular weight excluding hydrogens is 340 g/mol. The molecule has 0 saturated carbocycles. The van der Waals surface area contributed by atoms with Crippen LogP contribution in [-0.4, -0.2) is 29.8 Å². The average Bonchev–Trinajstić information content (AvgIpc) is 2.89. The van der Waals surface area contributed by atoms with Crippen LogP contribution in [0.25, 0.3) is 0 Å². The van der Waals surface area contributed by atoms with E-state index in [1.54, 1.807) is 6.92 Å². The SMILES string of the molecule is CC[C@H](NC(=O)NCc1cc(Br)cc2c1OCC2)C(=O)O. The van der Waals surface area contributed by atoms with E-state index in [1.807, 2.05) is 12.1 Å². The van der Waals surface area contributed by atoms with E-state index in [1.165, 1.54) is 0 Å². The Labute approximate surface area is 131 Å². The number of halogens is 1. The number of amides is 2. The van der Waals surface area contributed by atoms with Gasteiger partial charge in [0.2, 0.25) is 0 Å². The molecule has 2 amide bonds. The van der Waals surface area contributed by atoms with Gasteiger partial charge in [-0.3, -0.25) is 0 Å². The summed E-state index contributed by atoms with van der Waals surface area (Å²) in [5.74, 6) is -0.233. The monoisotopic (exact) mass is 356 g/mol. The van der Waals surface area contributed by atoms with E-state index >= 15 is 0 Å². The van der Waals surface area contributed by atoms with Crippen molar-refractivity contribution in [2.24, 2.45) is 0 Å². The predicted molar refractivity (Wildman–Crippen MR) is 80.4 cm³/mol. The van der Waals surface area contributed by atoms with Gasteiger partial charge in [-0.25, -0.2) is 9.59 Å². The van der Waals surface area contributed by atoms with Crippen LogP contribution in [0.3, 0.4) is 0 Å². The molecule has 0 bridgehead atoms. The summed E-state index contributed by atoms with van der Waals surface area (Å²) in [6, 6.07) is 2.51. The van der Waals surface area contributed by atoms with Crippen LogP contribution >= 0.6 is 15.9 Å². The van der Waals surface area contributed by atoms with Crippen LogP contribution in [0.4, 0.5) is 4.79 Å². The molecule has 1 aliphatic heterocycles. The molecule has 2 rings (SSSR count). The largest absolute Gasteiger partial charge is 0.493 e. The molecule has 0 aliphatic carbocycles. The Morgan fingerprint density at radius 2 is 2.24 bits per heavy atom. The molecule has 21 heavy (non-hydrogen) atoms. The molecule has 1 heterocycles. The van der Waals surface area contributed by atoms with Crippen molar-refractivity contribution in [1.82, 2.24) is 10.6 Å². The first-order valence-electron chi connectivity index (χ1n) is 6.72. The number of hydrogen-bond donors (Lipinski definition) is 3. The van der Waals surface area contributed by atoms with Gasteiger partial charge in [0.25, 0.3) is 0 Å². The summed E-state index contributed by atoms with van der Waals surface area (Å²) in [5, 5.41) is 14.0. The van der Waals surface area contributed by atoms with Crippen molar-refractivity contribution in [1.29, 1.82) is 0 Å². The van der Waals surface area contributed by atoms with Crippen LogP contribution < -0.4 is 15.4 Å². The van der Waals surface area contributed by atoms with Crippen molar-refractivity contribution >= 4 is 27.9 Å². The summed E-state index contributed by atoms with van der Waals surface area (Å²) in [7, 11) is 0. The Hall–Kier alpha value is -1.76. The van der Waals surface area contributed by atoms with E-state index in [0.717, 1.165) is 27.8 Å². The second-order valence-electron chi connectivity index (χ2n) is 4.78. The van der Waals surface area contributed by atoms with Gasteiger partial charge in [0.05, 0.1) is 6.61 Å². The van der Waals surface area contributed by atoms with E-state index in [4.69, 9.17) is 9.84 Å². The van der Waals surface area contributed by atoms with Crippen LogP contribution in [0.2, 0.25) is 0 Å². The molecule has 0 unspecified atom stereocenters. The third-order valence-corrected chi connectivity index (χ3v) is 3.73. The molecule has 6 nitrogen and oxygen atoms in total. The fourth-order valence-corrected chi connectivity index (χ4v) is 2.75. The van der Waals surface area contributed by atoms with Crippen LogP contribution in [0.5, 0.6) is 5.75 Å². The fourth-order valence-electron chi connectivity index (χ4n) is 2.20. The molecular formula is C14H17BrN2O4. The van der Waals surface area contributed by atoms with Gasteiger partial charge in [-0.15, -0.1) is 0 Å². The number of carboxylic acids is 1. The third kappa shape index (κ3) is 3.87. The number of carbonyl (C=O) groups is 2. The number of urea groups is 1. The lowest BCUT2D eigenvalue weighted by molar-refractivity contribution is -0.139. The van der Waals surface area contributed by atoms with Crippen molar-refractivity contribution in [2.45, 2.75) is 32.4 Å². The van der Waals surface area contributed by atoms with Gasteiger partial charge in [-0.1, -0.05) is 22.9 Å². The summed E-state index contributed by atoms with van der Waals surface area (Å²) in [6.45, 7) is 2.62. The molecule has 1 aromatic carbocycles. The zero-order chi connectivity index (χ0) is 15.4. The molecule has 1 atom stereocenters. The van der Waals surface area contributed by atoms with Gasteiger partial charge in [0.1, 0.15) is 11.8 Å². The molecule has 114 valence electrons. The van der Waals surface area contributed by atoms with Crippen molar-refractivity contribution in [3.05, 3.63) is 27.7 Å². The number of aliphatic carboxylic acids is 1. The van der Waals surface area contributed by atoms with Gasteiger partial charge in [-0.05, 0) is 24.1 Å². The van der Waals surface area contributed by atoms with Crippen LogP contribution in [0, 0.1) is 0 Å². The number of fused-ring (bicyclic) bond motifs is 1. The maximum Gasteiger partial charge on any atom is 0.326 e. The third-order valence-electron chi connectivity index (χ3n) is 3.28. The van der Waals surface area contributed by atoms with Gasteiger partial charge in [0.15, 0.2) is 0 Å². The molecule has 1 aromatic rings. The standard InChI is InChI=1S/C14H17BrN2O4/c1-2-11(13(18)19)17-14(20)16-7-9-6-10(15)5-8-3-4-21-12(8)9/h5-6,11H,2-4,7H2,1H3,(H,18,19)(H2,16,17,20)/t11-/m0/s1. The first-order chi connectivity index (χ1) is 10.0. The highest BCUT2D eigenvalue weighted by Gasteiger charge is 2.20. The highest BCUT2D eigenvalue weighted by Crippen LogP contribution is 2.32. The van der Waals surface area contributed by atoms with Gasteiger partial charge >= 0.3 is 12.0 Å². The van der Waals surface area contributed by atoms with E-state index in [0.29, 0.717) is 13.0 Å². The maximum absolute atomic E-state index is 11.7. The lowest BCUT2D eigenvalue weighted by Gasteiger charge is -2.14. The van der Waals surface area contributed by atoms with Crippen LogP contribution in [0.15, 0.2) is 16.6 Å². The maximum atomic E-state index is 11.7. The summed E-state index contributed by atoms with van der Waals surface area (Å²) >= 11 is 3.43. The lowest BCUT2D eigenvalue weighted by Crippen LogP contribution is -2.45. The molecule has 0 spiro atoms. The quantitative estimate of drug-likeness (QED) is 0.753. The van der Waals surface area contributed by atoms with Gasteiger partial charge < -0.3 is 20.5 Å². The van der Waals surface area contributed by atoms with Crippen LogP contribution in [-0.2, 0) is 17.8 Å². The second kappa shape index (κ2) is 6.80. The molecule has 7 heteroatoms. The minimum absolute atomic E-state index is 0.281. The minimum Gasteiger partial charge on any atom is -0.493 e. The Kier molecular flexibility index (Phi) is 5.06. The number of nitrogens with one attached hydrogen (secondary N) is 2. The van der Waals surface area contributed by atoms with Gasteiger partial charge in [-0.2, -0.15) is 0 Å². The molecule has 0 fully saturated rings. The highest BCUT2D eigenvalue weighted by atomic mass is 79.9. The van der Waals surface area contributed by atoms with E-state index in [2.05, 4.69) is 26.6 Å². The average molecular weight is 357 g/mol. The highest BCUT2D eigenvalue weighted by molar-refractivity contribution is 9.10. The van der Waals surface area contributed by atoms with E-state index in [-0.39, 0.29) is 6.54 Å². The summed E-state index contributed by atoms with van der Waals surface area (Å²) in [5.41, 5.74) is 1.98. The molecule has 3 N–H and O–H groups in total. The molecule has 0 radical (unpaired) electrons. The smallest absolute Gasteiger partial charge is 0.326 e. The van der Waals surface area contributed by atoms with Crippen LogP contribution in [0.1, 0.15) is 24.5 Å². The summed E-state index contributed by atoms with van der Waals surface area (Å²) < 4.78 is 6.50. The van der Waals surface area contributed by atoms with E-state index in [9.17, 15) is 9.59 Å². The Bertz CT molecular complexity index is 562. The second-order valence-corrected chi connectivity index (χ2v) is 5.69. The van der Waals surface area contributed by atoms with Crippen molar-refractivity contribution in [3.63, 3.8) is 0 Å². The van der Waals surface area contributed by atoms with Gasteiger partial charge in [0, 0.05) is 23.0 Å². The number of benzene rings is 1. The lowest BCUT2D eigenvalue weighted by atomic mass is 10.1. The van der Waals surface area contributed by atoms with Crippen molar-refractivity contribution in [2.75, 3.05) is 6.61 Å². The number of hydrogen-bond acceptors (Lipinski definition) is 3. The molecule has 0 aromatic heterocycles. The van der Waals surface area contributed by atoms with Crippen molar-refractivity contribution < 1.29 is 19.4 Å². The Morgan fingerprint density at radius 1 is 1.48 bits per heavy atom. The first kappa shape index (κ1) is 15.6. The zero-order valence-corrected chi connectivity index (χ0v) is 13.2. The Morgan fingerprint density at radius 3 is 2.90 bits per heavy atom. The predicted octanol–water partition coefficient (Wildman–Crippen LogP) is 2.05. The zero-order valence-electron chi connectivity index (χ0n) is 11.6. The Balaban J connectivity index is 1.97.